The molecule has 0 aliphatic carbocycles. The van der Waals surface area contributed by atoms with E-state index in [1.807, 2.05) is 0 Å². The summed E-state index contributed by atoms with van der Waals surface area (Å²) in [5.41, 5.74) is 0. The first kappa shape index (κ1) is 13.5. The van der Waals surface area contributed by atoms with Crippen molar-refractivity contribution in [3.8, 4) is 12.3 Å². The second-order valence-corrected chi connectivity index (χ2v) is 3.43. The highest BCUT2D eigenvalue weighted by Gasteiger charge is 2.01. The Morgan fingerprint density at radius 3 is 2.71 bits per heavy atom. The van der Waals surface area contributed by atoms with Crippen LogP contribution in [0.1, 0.15) is 39.5 Å². The standard InChI is InChI=1S/C12H23NO/c1-4-7-10-14-11-9-13-12(6-3)8-5-2/h2,12-13H,4,6-11H2,1,3H3. The molecule has 0 saturated carbocycles. The van der Waals surface area contributed by atoms with Gasteiger partial charge >= 0.3 is 0 Å². The summed E-state index contributed by atoms with van der Waals surface area (Å²) in [5.74, 6) is 2.68. The lowest BCUT2D eigenvalue weighted by Crippen LogP contribution is -2.31. The summed E-state index contributed by atoms with van der Waals surface area (Å²) in [6.45, 7) is 6.89. The van der Waals surface area contributed by atoms with Crippen molar-refractivity contribution in [2.24, 2.45) is 0 Å². The zero-order chi connectivity index (χ0) is 10.6. The van der Waals surface area contributed by atoms with E-state index in [0.29, 0.717) is 6.04 Å². The van der Waals surface area contributed by atoms with Gasteiger partial charge in [-0.3, -0.25) is 0 Å². The van der Waals surface area contributed by atoms with Gasteiger partial charge in [0.2, 0.25) is 0 Å². The van der Waals surface area contributed by atoms with E-state index >= 15 is 0 Å². The van der Waals surface area contributed by atoms with E-state index in [0.717, 1.165) is 39.0 Å². The Morgan fingerprint density at radius 2 is 2.14 bits per heavy atom. The smallest absolute Gasteiger partial charge is 0.0591 e. The second-order valence-electron chi connectivity index (χ2n) is 3.43. The lowest BCUT2D eigenvalue weighted by Gasteiger charge is -2.13. The zero-order valence-corrected chi connectivity index (χ0v) is 9.51. The summed E-state index contributed by atoms with van der Waals surface area (Å²) < 4.78 is 5.43. The maximum absolute atomic E-state index is 5.43. The van der Waals surface area contributed by atoms with Crippen molar-refractivity contribution in [3.05, 3.63) is 0 Å². The molecule has 0 heterocycles. The van der Waals surface area contributed by atoms with E-state index in [4.69, 9.17) is 11.2 Å². The number of hydrogen-bond donors (Lipinski definition) is 1. The van der Waals surface area contributed by atoms with Crippen molar-refractivity contribution >= 4 is 0 Å². The quantitative estimate of drug-likeness (QED) is 0.452. The molecule has 0 radical (unpaired) electrons. The van der Waals surface area contributed by atoms with Gasteiger partial charge < -0.3 is 10.1 Å². The molecule has 0 aliphatic heterocycles. The molecule has 0 aromatic heterocycles. The number of nitrogens with one attached hydrogen (secondary N) is 1. The van der Waals surface area contributed by atoms with E-state index < -0.39 is 0 Å². The molecule has 14 heavy (non-hydrogen) atoms. The van der Waals surface area contributed by atoms with Crippen LogP contribution in [-0.2, 0) is 4.74 Å². The minimum atomic E-state index is 0.453. The molecule has 0 aromatic rings. The Labute approximate surface area is 88.4 Å². The molecule has 0 amide bonds. The first-order chi connectivity index (χ1) is 6.85. The maximum Gasteiger partial charge on any atom is 0.0591 e. The molecule has 0 aliphatic rings. The summed E-state index contributed by atoms with van der Waals surface area (Å²) >= 11 is 0. The Bertz CT molecular complexity index is 151. The van der Waals surface area contributed by atoms with Gasteiger partial charge in [0.15, 0.2) is 0 Å². The molecule has 2 nitrogen and oxygen atoms in total. The minimum absolute atomic E-state index is 0.453. The van der Waals surface area contributed by atoms with Crippen LogP contribution >= 0.6 is 0 Å². The predicted octanol–water partition coefficient (Wildman–Crippen LogP) is 2.19. The van der Waals surface area contributed by atoms with Gasteiger partial charge in [-0.15, -0.1) is 12.3 Å². The predicted molar refractivity (Wildman–Crippen MR) is 61.3 cm³/mol. The van der Waals surface area contributed by atoms with Crippen LogP contribution in [0.25, 0.3) is 0 Å². The van der Waals surface area contributed by atoms with Crippen molar-refractivity contribution in [1.82, 2.24) is 5.32 Å². The highest BCUT2D eigenvalue weighted by Crippen LogP contribution is 1.95. The van der Waals surface area contributed by atoms with Crippen molar-refractivity contribution in [1.29, 1.82) is 0 Å². The Balaban J connectivity index is 3.21. The van der Waals surface area contributed by atoms with Crippen molar-refractivity contribution in [2.75, 3.05) is 19.8 Å². The molecule has 0 rings (SSSR count). The van der Waals surface area contributed by atoms with Gasteiger partial charge in [0, 0.05) is 25.6 Å². The van der Waals surface area contributed by atoms with Crippen LogP contribution in [0.4, 0.5) is 0 Å². The zero-order valence-electron chi connectivity index (χ0n) is 9.51. The van der Waals surface area contributed by atoms with Crippen LogP contribution in [0.5, 0.6) is 0 Å². The lowest BCUT2D eigenvalue weighted by atomic mass is 10.1. The molecule has 0 aromatic carbocycles. The lowest BCUT2D eigenvalue weighted by molar-refractivity contribution is 0.131. The fraction of sp³-hybridized carbons (Fsp3) is 0.833. The van der Waals surface area contributed by atoms with Crippen LogP contribution < -0.4 is 5.32 Å². The fourth-order valence-corrected chi connectivity index (χ4v) is 1.19. The molecule has 1 N–H and O–H groups in total. The van der Waals surface area contributed by atoms with Crippen LogP contribution in [0.3, 0.4) is 0 Å². The molecular weight excluding hydrogens is 174 g/mol. The number of unbranched alkanes of at least 4 members (excludes halogenated alkanes) is 1. The van der Waals surface area contributed by atoms with Gasteiger partial charge in [-0.25, -0.2) is 0 Å². The van der Waals surface area contributed by atoms with Gasteiger partial charge in [0.25, 0.3) is 0 Å². The van der Waals surface area contributed by atoms with Gasteiger partial charge in [-0.05, 0) is 12.8 Å². The van der Waals surface area contributed by atoms with Gasteiger partial charge in [-0.2, -0.15) is 0 Å². The van der Waals surface area contributed by atoms with Gasteiger partial charge in [0.1, 0.15) is 0 Å². The van der Waals surface area contributed by atoms with Crippen LogP contribution in [-0.4, -0.2) is 25.8 Å². The monoisotopic (exact) mass is 197 g/mol. The molecule has 1 atom stereocenters. The van der Waals surface area contributed by atoms with E-state index in [1.54, 1.807) is 0 Å². The third-order valence-electron chi connectivity index (χ3n) is 2.18. The topological polar surface area (TPSA) is 21.3 Å². The average Bonchev–Trinajstić information content (AvgIpc) is 2.21. The summed E-state index contributed by atoms with van der Waals surface area (Å²) in [6, 6.07) is 0.453. The van der Waals surface area contributed by atoms with E-state index in [1.165, 1.54) is 6.42 Å². The number of hydrogen-bond acceptors (Lipinski definition) is 2. The van der Waals surface area contributed by atoms with Crippen molar-refractivity contribution in [2.45, 2.75) is 45.6 Å². The number of rotatable bonds is 9. The molecule has 0 spiro atoms. The van der Waals surface area contributed by atoms with Crippen LogP contribution in [0, 0.1) is 12.3 Å². The van der Waals surface area contributed by atoms with E-state index in [-0.39, 0.29) is 0 Å². The fourth-order valence-electron chi connectivity index (χ4n) is 1.19. The van der Waals surface area contributed by atoms with E-state index in [9.17, 15) is 0 Å². The largest absolute Gasteiger partial charge is 0.380 e. The first-order valence-corrected chi connectivity index (χ1v) is 5.59. The Kier molecular flexibility index (Phi) is 10.2. The average molecular weight is 197 g/mol. The third-order valence-corrected chi connectivity index (χ3v) is 2.18. The number of ether oxygens (including phenoxy) is 1. The molecular formula is C12H23NO. The Morgan fingerprint density at radius 1 is 1.36 bits per heavy atom. The summed E-state index contributed by atoms with van der Waals surface area (Å²) in [4.78, 5) is 0. The normalized spacial score (nSPS) is 12.4. The Hall–Kier alpha value is -0.520. The summed E-state index contributed by atoms with van der Waals surface area (Å²) in [6.07, 6.45) is 9.50. The maximum atomic E-state index is 5.43. The van der Waals surface area contributed by atoms with Gasteiger partial charge in [0.05, 0.1) is 6.61 Å². The summed E-state index contributed by atoms with van der Waals surface area (Å²) in [7, 11) is 0. The van der Waals surface area contributed by atoms with E-state index in [2.05, 4.69) is 25.1 Å². The second kappa shape index (κ2) is 10.6. The van der Waals surface area contributed by atoms with Gasteiger partial charge in [-0.1, -0.05) is 20.3 Å². The molecule has 0 fully saturated rings. The molecule has 0 saturated heterocycles. The number of terminal acetylenes is 1. The third kappa shape index (κ3) is 8.10. The molecule has 82 valence electrons. The summed E-state index contributed by atoms with van der Waals surface area (Å²) in [5, 5.41) is 3.38. The highest BCUT2D eigenvalue weighted by molar-refractivity contribution is 4.89. The van der Waals surface area contributed by atoms with Crippen LogP contribution in [0.15, 0.2) is 0 Å². The first-order valence-electron chi connectivity index (χ1n) is 5.59. The SMILES string of the molecule is C#CCC(CC)NCCOCCCC. The molecule has 2 heteroatoms. The minimum Gasteiger partial charge on any atom is -0.380 e. The highest BCUT2D eigenvalue weighted by atomic mass is 16.5. The van der Waals surface area contributed by atoms with Crippen molar-refractivity contribution in [3.63, 3.8) is 0 Å². The molecule has 1 unspecified atom stereocenters. The van der Waals surface area contributed by atoms with Crippen LogP contribution in [0.2, 0.25) is 0 Å². The molecule has 0 bridgehead atoms. The van der Waals surface area contributed by atoms with Crippen molar-refractivity contribution < 1.29 is 4.74 Å².